The average molecular weight is 325 g/mol. The number of aryl methyl sites for hydroxylation is 2. The lowest BCUT2D eigenvalue weighted by Gasteiger charge is -2.24. The van der Waals surface area contributed by atoms with Crippen LogP contribution in [0.4, 0.5) is 10.1 Å². The largest absolute Gasteiger partial charge is 0.402 e. The van der Waals surface area contributed by atoms with E-state index in [0.29, 0.717) is 17.4 Å². The van der Waals surface area contributed by atoms with Gasteiger partial charge in [0.2, 0.25) is 0 Å². The van der Waals surface area contributed by atoms with Crippen molar-refractivity contribution in [3.05, 3.63) is 40.3 Å². The lowest BCUT2D eigenvalue weighted by Crippen LogP contribution is -2.27. The summed E-state index contributed by atoms with van der Waals surface area (Å²) in [5, 5.41) is 9.27. The van der Waals surface area contributed by atoms with Crippen LogP contribution in [0.3, 0.4) is 0 Å². The first-order chi connectivity index (χ1) is 11.4. The van der Waals surface area contributed by atoms with Crippen LogP contribution >= 0.6 is 0 Å². The number of hydrogen-bond acceptors (Lipinski definition) is 3. The molecule has 0 fully saturated rings. The van der Waals surface area contributed by atoms with Crippen LogP contribution in [0.2, 0.25) is 12.6 Å². The van der Waals surface area contributed by atoms with Gasteiger partial charge >= 0.3 is 0 Å². The van der Waals surface area contributed by atoms with E-state index >= 15 is 0 Å². The summed E-state index contributed by atoms with van der Waals surface area (Å²) in [6, 6.07) is 3.54. The number of benzene rings is 1. The fraction of sp³-hybridized carbons (Fsp3) is 0.474. The predicted octanol–water partition coefficient (Wildman–Crippen LogP) is 4.74. The van der Waals surface area contributed by atoms with Crippen molar-refractivity contribution >= 4 is 18.1 Å². The average Bonchev–Trinajstić information content (AvgIpc) is 2.57. The molecular weight excluding hydrogens is 300 g/mol. The zero-order valence-electron chi connectivity index (χ0n) is 15.0. The zero-order valence-corrected chi connectivity index (χ0v) is 15.0. The van der Waals surface area contributed by atoms with Crippen LogP contribution in [-0.4, -0.2) is 12.4 Å². The molecule has 1 unspecified atom stereocenters. The highest BCUT2D eigenvalue weighted by atomic mass is 19.1. The van der Waals surface area contributed by atoms with Gasteiger partial charge < -0.3 is 5.73 Å². The van der Waals surface area contributed by atoms with E-state index in [1.165, 1.54) is 0 Å². The number of rotatable bonds is 4. The van der Waals surface area contributed by atoms with Gasteiger partial charge in [-0.05, 0) is 67.8 Å². The Morgan fingerprint density at radius 1 is 1.42 bits per heavy atom. The van der Waals surface area contributed by atoms with Crippen LogP contribution in [0.15, 0.2) is 28.4 Å². The van der Waals surface area contributed by atoms with Crippen molar-refractivity contribution in [2.45, 2.75) is 53.2 Å². The maximum Gasteiger partial charge on any atom is 0.272 e. The Balaban J connectivity index is 2.52. The maximum atomic E-state index is 13.9. The second-order valence-corrected chi connectivity index (χ2v) is 6.77. The minimum Gasteiger partial charge on any atom is -0.402 e. The van der Waals surface area contributed by atoms with Gasteiger partial charge in [-0.2, -0.15) is 0 Å². The van der Waals surface area contributed by atoms with Gasteiger partial charge in [0, 0.05) is 17.4 Å². The normalized spacial score (nSPS) is 17.0. The Morgan fingerprint density at radius 2 is 2.04 bits per heavy atom. The molecule has 1 heterocycles. The molecule has 0 bridgehead atoms. The van der Waals surface area contributed by atoms with E-state index in [0.717, 1.165) is 41.8 Å². The molecule has 1 aromatic carbocycles. The van der Waals surface area contributed by atoms with Crippen molar-refractivity contribution in [1.29, 1.82) is 5.26 Å². The van der Waals surface area contributed by atoms with Crippen LogP contribution in [0.1, 0.15) is 37.8 Å². The Morgan fingerprint density at radius 3 is 2.58 bits per heavy atom. The lowest BCUT2D eigenvalue weighted by molar-refractivity contribution is 0.609. The lowest BCUT2D eigenvalue weighted by atomic mass is 9.42. The SMILES string of the molecule is CCC(C)C(=Nc1cc(C)c(F)c(C)c1)C1=C(N)CCB(C#N)C1. The van der Waals surface area contributed by atoms with Crippen molar-refractivity contribution in [3.8, 4) is 5.97 Å². The second-order valence-electron chi connectivity index (χ2n) is 6.77. The summed E-state index contributed by atoms with van der Waals surface area (Å²) in [4.78, 5) is 4.84. The molecule has 0 amide bonds. The highest BCUT2D eigenvalue weighted by molar-refractivity contribution is 6.68. The zero-order chi connectivity index (χ0) is 17.9. The molecule has 1 aliphatic rings. The van der Waals surface area contributed by atoms with Gasteiger partial charge in [-0.1, -0.05) is 20.2 Å². The first kappa shape index (κ1) is 18.3. The minimum absolute atomic E-state index is 0.00162. The van der Waals surface area contributed by atoms with Gasteiger partial charge in [-0.25, -0.2) is 9.65 Å². The molecule has 5 heteroatoms. The topological polar surface area (TPSA) is 62.2 Å². The Bertz CT molecular complexity index is 708. The number of nitrogens with two attached hydrogens (primary N) is 1. The summed E-state index contributed by atoms with van der Waals surface area (Å²) in [7, 11) is 0. The molecule has 24 heavy (non-hydrogen) atoms. The van der Waals surface area contributed by atoms with Gasteiger partial charge in [0.05, 0.1) is 5.69 Å². The van der Waals surface area contributed by atoms with E-state index in [4.69, 9.17) is 10.7 Å². The van der Waals surface area contributed by atoms with E-state index in [2.05, 4.69) is 19.8 Å². The van der Waals surface area contributed by atoms with Crippen molar-refractivity contribution in [1.82, 2.24) is 0 Å². The van der Waals surface area contributed by atoms with Crippen LogP contribution in [0.25, 0.3) is 0 Å². The van der Waals surface area contributed by atoms with E-state index < -0.39 is 0 Å². The smallest absolute Gasteiger partial charge is 0.272 e. The molecule has 1 aromatic rings. The molecule has 0 saturated carbocycles. The minimum atomic E-state index is -0.181. The van der Waals surface area contributed by atoms with Crippen LogP contribution in [0.5, 0.6) is 0 Å². The molecule has 126 valence electrons. The van der Waals surface area contributed by atoms with Crippen LogP contribution in [-0.2, 0) is 0 Å². The Hall–Kier alpha value is -2.09. The summed E-state index contributed by atoms with van der Waals surface area (Å²) in [5.74, 6) is 2.42. The van der Waals surface area contributed by atoms with Crippen molar-refractivity contribution in [2.24, 2.45) is 16.6 Å². The molecule has 1 aliphatic heterocycles. The molecule has 0 aliphatic carbocycles. The Labute approximate surface area is 144 Å². The number of nitriles is 1. The van der Waals surface area contributed by atoms with Gasteiger partial charge in [-0.3, -0.25) is 4.99 Å². The molecule has 3 nitrogen and oxygen atoms in total. The third-order valence-corrected chi connectivity index (χ3v) is 4.84. The van der Waals surface area contributed by atoms with E-state index in [9.17, 15) is 9.65 Å². The quantitative estimate of drug-likeness (QED) is 0.642. The van der Waals surface area contributed by atoms with E-state index in [1.54, 1.807) is 26.0 Å². The number of nitrogens with zero attached hydrogens (tertiary/aromatic N) is 2. The van der Waals surface area contributed by atoms with Crippen LogP contribution < -0.4 is 5.73 Å². The molecule has 0 spiro atoms. The third kappa shape index (κ3) is 3.87. The highest BCUT2D eigenvalue weighted by Gasteiger charge is 2.27. The number of allylic oxidation sites excluding steroid dienone is 2. The van der Waals surface area contributed by atoms with Crippen molar-refractivity contribution in [2.75, 3.05) is 0 Å². The standard InChI is InChI=1S/C19H25BFN3/c1-5-12(2)19(16-10-20(11-22)7-6-17(16)23)24-15-8-13(3)18(21)14(4)9-15/h8-9,12H,5-7,10,23H2,1-4H3. The van der Waals surface area contributed by atoms with Crippen molar-refractivity contribution < 1.29 is 4.39 Å². The fourth-order valence-corrected chi connectivity index (χ4v) is 3.13. The Kier molecular flexibility index (Phi) is 5.82. The summed E-state index contributed by atoms with van der Waals surface area (Å²) in [5.41, 5.74) is 11.0. The molecule has 0 aromatic heterocycles. The third-order valence-electron chi connectivity index (χ3n) is 4.84. The fourth-order valence-electron chi connectivity index (χ4n) is 3.13. The number of aliphatic imine (C=N–C) groups is 1. The first-order valence-electron chi connectivity index (χ1n) is 8.60. The van der Waals surface area contributed by atoms with Gasteiger partial charge in [0.1, 0.15) is 5.82 Å². The van der Waals surface area contributed by atoms with E-state index in [-0.39, 0.29) is 18.4 Å². The first-order valence-corrected chi connectivity index (χ1v) is 8.60. The number of hydrogen-bond donors (Lipinski definition) is 1. The van der Waals surface area contributed by atoms with E-state index in [1.807, 2.05) is 0 Å². The summed E-state index contributed by atoms with van der Waals surface area (Å²) in [6.07, 6.45) is 3.15. The summed E-state index contributed by atoms with van der Waals surface area (Å²) < 4.78 is 13.9. The van der Waals surface area contributed by atoms with Gasteiger partial charge in [-0.15, -0.1) is 0 Å². The molecule has 2 rings (SSSR count). The predicted molar refractivity (Wildman–Crippen MR) is 99.2 cm³/mol. The summed E-state index contributed by atoms with van der Waals surface area (Å²) in [6.45, 7) is 7.74. The molecular formula is C19H25BFN3. The highest BCUT2D eigenvalue weighted by Crippen LogP contribution is 2.30. The van der Waals surface area contributed by atoms with Gasteiger partial charge in [0.15, 0.2) is 0 Å². The van der Waals surface area contributed by atoms with Crippen molar-refractivity contribution in [3.63, 3.8) is 0 Å². The monoisotopic (exact) mass is 325 g/mol. The molecule has 0 saturated heterocycles. The second kappa shape index (κ2) is 7.66. The van der Waals surface area contributed by atoms with Gasteiger partial charge in [0.25, 0.3) is 6.71 Å². The number of halogens is 1. The maximum absolute atomic E-state index is 13.9. The summed E-state index contributed by atoms with van der Waals surface area (Å²) >= 11 is 0. The molecule has 1 atom stereocenters. The molecule has 0 radical (unpaired) electrons. The van der Waals surface area contributed by atoms with Crippen LogP contribution in [0, 0.1) is 36.8 Å². The molecule has 2 N–H and O–H groups in total.